The Hall–Kier alpha value is -12.1. The molecule has 0 amide bonds. The highest BCUT2D eigenvalue weighted by Gasteiger charge is 2.21. The fourth-order valence-corrected chi connectivity index (χ4v) is 13.6. The molecule has 15 rings (SSSR count). The molecule has 0 unspecified atom stereocenters. The first-order valence-corrected chi connectivity index (χ1v) is 35.8. The van der Waals surface area contributed by atoms with Gasteiger partial charge in [0.25, 0.3) is 0 Å². The van der Waals surface area contributed by atoms with E-state index >= 15 is 0 Å². The van der Waals surface area contributed by atoms with Gasteiger partial charge < -0.3 is 0 Å². The molecule has 0 radical (unpaired) electrons. The number of hydrogen-bond acceptors (Lipinski definition) is 0. The van der Waals surface area contributed by atoms with Gasteiger partial charge in [0.15, 0.2) is 31.0 Å². The summed E-state index contributed by atoms with van der Waals surface area (Å²) in [5.41, 5.74) is 31.0. The third-order valence-corrected chi connectivity index (χ3v) is 19.3. The van der Waals surface area contributed by atoms with E-state index in [1.165, 1.54) is 67.0 Å². The van der Waals surface area contributed by atoms with Gasteiger partial charge in [-0.25, -0.2) is 22.8 Å². The second kappa shape index (κ2) is 35.0. The summed E-state index contributed by atoms with van der Waals surface area (Å²) >= 11 is 0. The highest BCUT2D eigenvalue weighted by molar-refractivity contribution is 5.77. The average molecular weight is 1400 g/mol. The summed E-state index contributed by atoms with van der Waals surface area (Å²) in [7, 11) is 9.90. The molecule has 526 valence electrons. The molecule has 5 nitrogen and oxygen atoms in total. The minimum absolute atomic E-state index is 0.279. The summed E-state index contributed by atoms with van der Waals surface area (Å²) < 4.78 is 103. The molecule has 0 aliphatic heterocycles. The SMILES string of the molecule is Cc1cc(-c2ccccc2)ccc1-c1cccc[n+]1C.Cc1ccc(-c2cc(-c3ccccc3)c(C)c[n+]2C)c(C)c1.[2H]C([2H])([2H])c1c[n+](C)c(-c2ccccc2C)cc1-c1ccccc1.[2H]C([2H])([2H])c1ccc(-c2cc(-c3ccccc3)c(C([2H])([2H])[2H])c[n+]2C)c(C)c1.[2H]C([2H])([2H])c1ccc(-c2cc(-c3ccccc3)cc[n+]2C)c(C)c1. The van der Waals surface area contributed by atoms with Gasteiger partial charge in [-0.1, -0.05) is 235 Å². The van der Waals surface area contributed by atoms with Gasteiger partial charge in [0.1, 0.15) is 35.2 Å². The van der Waals surface area contributed by atoms with Gasteiger partial charge in [-0.15, -0.1) is 0 Å². The van der Waals surface area contributed by atoms with Crippen molar-refractivity contribution in [3.8, 4) is 112 Å². The Morgan fingerprint density at radius 3 is 0.934 bits per heavy atom. The molecular formula is C101H102N5+5. The van der Waals surface area contributed by atoms with Crippen LogP contribution in [0.3, 0.4) is 0 Å². The number of pyridine rings is 5. The van der Waals surface area contributed by atoms with Crippen molar-refractivity contribution >= 4 is 0 Å². The van der Waals surface area contributed by atoms with Crippen molar-refractivity contribution < 1.29 is 39.3 Å². The molecule has 0 saturated carbocycles. The van der Waals surface area contributed by atoms with Crippen molar-refractivity contribution in [1.82, 2.24) is 0 Å². The maximum absolute atomic E-state index is 7.93. The lowest BCUT2D eigenvalue weighted by molar-refractivity contribution is -0.660. The van der Waals surface area contributed by atoms with E-state index in [9.17, 15) is 0 Å². The van der Waals surface area contributed by atoms with Crippen LogP contribution in [0.1, 0.15) is 77.6 Å². The highest BCUT2D eigenvalue weighted by Crippen LogP contribution is 2.34. The van der Waals surface area contributed by atoms with Crippen LogP contribution in [0.4, 0.5) is 0 Å². The molecule has 106 heavy (non-hydrogen) atoms. The van der Waals surface area contributed by atoms with Crippen LogP contribution in [0, 0.1) is 75.9 Å². The Morgan fingerprint density at radius 2 is 0.519 bits per heavy atom. The minimum atomic E-state index is -2.25. The van der Waals surface area contributed by atoms with Gasteiger partial charge in [-0.3, -0.25) is 0 Å². The van der Waals surface area contributed by atoms with Crippen LogP contribution in [0.25, 0.3) is 112 Å². The van der Waals surface area contributed by atoms with Crippen molar-refractivity contribution in [2.24, 2.45) is 35.2 Å². The summed E-state index contributed by atoms with van der Waals surface area (Å²) in [5, 5.41) is 0. The molecule has 10 aromatic carbocycles. The Morgan fingerprint density at radius 1 is 0.189 bits per heavy atom. The topological polar surface area (TPSA) is 19.4 Å². The summed E-state index contributed by atoms with van der Waals surface area (Å²) in [6.45, 7) is 5.92. The molecule has 5 heterocycles. The molecule has 0 N–H and O–H groups in total. The molecule has 0 spiro atoms. The summed E-state index contributed by atoms with van der Waals surface area (Å²) in [4.78, 5) is 0. The molecule has 0 aliphatic carbocycles. The van der Waals surface area contributed by atoms with Crippen LogP contribution in [0.15, 0.2) is 328 Å². The second-order valence-corrected chi connectivity index (χ2v) is 27.2. The predicted molar refractivity (Wildman–Crippen MR) is 445 cm³/mol. The third kappa shape index (κ3) is 18.5. The van der Waals surface area contributed by atoms with E-state index in [1.54, 1.807) is 54.3 Å². The van der Waals surface area contributed by atoms with Gasteiger partial charge >= 0.3 is 0 Å². The fraction of sp³-hybridized carbons (Fsp3) is 0.158. The summed E-state index contributed by atoms with van der Waals surface area (Å²) in [5.74, 6) is 0. The Labute approximate surface area is 648 Å². The molecule has 5 aromatic heterocycles. The number of aryl methyl sites for hydroxylation is 16. The molecule has 15 aromatic rings. The number of rotatable bonds is 10. The van der Waals surface area contributed by atoms with E-state index in [1.807, 2.05) is 148 Å². The predicted octanol–water partition coefficient (Wildman–Crippen LogP) is 22.6. The van der Waals surface area contributed by atoms with Gasteiger partial charge in [-0.05, 0) is 196 Å². The van der Waals surface area contributed by atoms with Crippen molar-refractivity contribution in [3.05, 3.63) is 389 Å². The maximum Gasteiger partial charge on any atom is 0.213 e. The van der Waals surface area contributed by atoms with Crippen LogP contribution in [-0.4, -0.2) is 0 Å². The molecule has 0 fully saturated rings. The zero-order valence-corrected chi connectivity index (χ0v) is 62.9. The summed E-state index contributed by atoms with van der Waals surface area (Å²) in [6.07, 6.45) is 9.71. The second-order valence-electron chi connectivity index (χ2n) is 27.2. The zero-order chi connectivity index (χ0) is 85.0. The average Bonchev–Trinajstić information content (AvgIpc) is 0.776. The van der Waals surface area contributed by atoms with E-state index in [4.69, 9.17) is 16.4 Å². The number of nitrogens with zero attached hydrogens (tertiary/aromatic N) is 5. The van der Waals surface area contributed by atoms with E-state index in [2.05, 4.69) is 233 Å². The molecular weight excluding hydrogens is 1280 g/mol. The first-order valence-electron chi connectivity index (χ1n) is 41.8. The smallest absolute Gasteiger partial charge is 0.201 e. The third-order valence-electron chi connectivity index (χ3n) is 19.3. The first kappa shape index (κ1) is 60.4. The standard InChI is InChI=1S/2C21H22N.2C20H20N.C19H18N/c2*1-15-10-11-19(16(2)12-15)21-13-20(17(3)14-22(21)4)18-8-6-5-7-9-18;1-15-9-7-8-12-18(15)20-13-19(16(2)14-21(20)3)17-10-5-4-6-11-17;1-15-9-10-19(16(2)13-15)20-14-18(11-12-21(20)3)17-7-5-4-6-8-17;1-15-14-17(16-8-4-3-5-9-16)11-12-18(15)19-10-6-7-13-20(19)2/h2*5-14H,1-4H3;2*4-14H,1-3H3;3-14H,1-2H3/q5*+1/i1D3,3D3;;2D3;1D3;. The Kier molecular flexibility index (Phi) is 19.9. The van der Waals surface area contributed by atoms with Gasteiger partial charge in [0.05, 0.1) is 0 Å². The molecule has 0 bridgehead atoms. The Balaban J connectivity index is 0.000000145. The molecule has 0 atom stereocenters. The van der Waals surface area contributed by atoms with Gasteiger partial charge in [0, 0.05) is 103 Å². The van der Waals surface area contributed by atoms with Gasteiger partial charge in [-0.2, -0.15) is 0 Å². The quantitative estimate of drug-likeness (QED) is 0.122. The maximum atomic E-state index is 7.93. The Bertz CT molecular complexity index is 6000. The lowest BCUT2D eigenvalue weighted by Gasteiger charge is -2.10. The minimum Gasteiger partial charge on any atom is -0.201 e. The highest BCUT2D eigenvalue weighted by atomic mass is 14.9. The lowest BCUT2D eigenvalue weighted by Crippen LogP contribution is -2.31. The van der Waals surface area contributed by atoms with Crippen LogP contribution < -0.4 is 22.8 Å². The van der Waals surface area contributed by atoms with Gasteiger partial charge in [0.2, 0.25) is 28.5 Å². The zero-order valence-electron chi connectivity index (χ0n) is 74.9. The van der Waals surface area contributed by atoms with Crippen molar-refractivity contribution in [3.63, 3.8) is 0 Å². The van der Waals surface area contributed by atoms with E-state index in [0.717, 1.165) is 78.3 Å². The number of hydrogen-bond donors (Lipinski definition) is 0. The van der Waals surface area contributed by atoms with Crippen LogP contribution in [0.2, 0.25) is 0 Å². The largest absolute Gasteiger partial charge is 0.213 e. The fourth-order valence-electron chi connectivity index (χ4n) is 13.6. The monoisotopic (exact) mass is 1400 g/mol. The normalized spacial score (nSPS) is 12.8. The van der Waals surface area contributed by atoms with E-state index in [-0.39, 0.29) is 5.56 Å². The van der Waals surface area contributed by atoms with Crippen molar-refractivity contribution in [1.29, 1.82) is 0 Å². The van der Waals surface area contributed by atoms with Crippen molar-refractivity contribution in [2.75, 3.05) is 0 Å². The molecule has 0 saturated heterocycles. The number of aromatic nitrogens is 5. The lowest BCUT2D eigenvalue weighted by atomic mass is 9.97. The van der Waals surface area contributed by atoms with E-state index in [0.29, 0.717) is 22.3 Å². The van der Waals surface area contributed by atoms with Crippen LogP contribution in [-0.2, 0) is 35.2 Å². The van der Waals surface area contributed by atoms with Crippen LogP contribution in [0.5, 0.6) is 0 Å². The van der Waals surface area contributed by atoms with Crippen molar-refractivity contribution in [2.45, 2.75) is 75.9 Å². The van der Waals surface area contributed by atoms with Crippen LogP contribution >= 0.6 is 0 Å². The molecule has 5 heteroatoms. The van der Waals surface area contributed by atoms with E-state index < -0.39 is 27.4 Å². The summed E-state index contributed by atoms with van der Waals surface area (Å²) in [6, 6.07) is 99.0. The first-order chi connectivity index (χ1) is 56.0. The molecule has 0 aliphatic rings. The number of benzene rings is 10.